The molecule has 0 unspecified atom stereocenters. The number of ether oxygens (including phenoxy) is 2. The maximum atomic E-state index is 5.77. The van der Waals surface area contributed by atoms with Crippen LogP contribution in [0.1, 0.15) is 11.4 Å². The lowest BCUT2D eigenvalue weighted by atomic mass is 10.2. The molecule has 0 spiro atoms. The van der Waals surface area contributed by atoms with Crippen LogP contribution in [0, 0.1) is 0 Å². The summed E-state index contributed by atoms with van der Waals surface area (Å²) in [5, 5.41) is 3.11. The Morgan fingerprint density at radius 2 is 2.00 bits per heavy atom. The van der Waals surface area contributed by atoms with E-state index >= 15 is 0 Å². The number of benzene rings is 1. The van der Waals surface area contributed by atoms with E-state index in [4.69, 9.17) is 9.47 Å². The molecule has 0 radical (unpaired) electrons. The zero-order valence-electron chi connectivity index (χ0n) is 11.1. The monoisotopic (exact) mass is 259 g/mol. The normalized spacial score (nSPS) is 10.2. The van der Waals surface area contributed by atoms with Gasteiger partial charge in [-0.05, 0) is 19.2 Å². The van der Waals surface area contributed by atoms with E-state index < -0.39 is 0 Å². The molecule has 0 aliphatic rings. The van der Waals surface area contributed by atoms with Gasteiger partial charge >= 0.3 is 0 Å². The van der Waals surface area contributed by atoms with E-state index in [1.807, 2.05) is 25.2 Å². The highest BCUT2D eigenvalue weighted by Gasteiger charge is 2.06. The number of rotatable bonds is 6. The van der Waals surface area contributed by atoms with Crippen LogP contribution >= 0.6 is 0 Å². The minimum absolute atomic E-state index is 0.338. The summed E-state index contributed by atoms with van der Waals surface area (Å²) in [5.41, 5.74) is 1.07. The summed E-state index contributed by atoms with van der Waals surface area (Å²) in [6.07, 6.45) is 3.40. The first-order valence-corrected chi connectivity index (χ1v) is 6.03. The molecule has 0 aliphatic carbocycles. The predicted octanol–water partition coefficient (Wildman–Crippen LogP) is 1.78. The number of nitrogens with one attached hydrogen (secondary N) is 1. The lowest BCUT2D eigenvalue weighted by molar-refractivity contribution is 0.290. The maximum Gasteiger partial charge on any atom is 0.166 e. The number of nitrogens with zero attached hydrogens (tertiary/aromatic N) is 2. The summed E-state index contributed by atoms with van der Waals surface area (Å²) in [7, 11) is 3.53. The fraction of sp³-hybridized carbons (Fsp3) is 0.286. The average Bonchev–Trinajstić information content (AvgIpc) is 2.47. The molecule has 2 rings (SSSR count). The summed E-state index contributed by atoms with van der Waals surface area (Å²) in [4.78, 5) is 8.26. The predicted molar refractivity (Wildman–Crippen MR) is 72.1 cm³/mol. The van der Waals surface area contributed by atoms with Crippen molar-refractivity contribution in [2.45, 2.75) is 13.2 Å². The van der Waals surface area contributed by atoms with Crippen LogP contribution in [0.25, 0.3) is 0 Å². The zero-order chi connectivity index (χ0) is 13.5. The molecule has 0 saturated heterocycles. The van der Waals surface area contributed by atoms with Gasteiger partial charge in [0.25, 0.3) is 0 Å². The second-order valence-corrected chi connectivity index (χ2v) is 3.96. The summed E-state index contributed by atoms with van der Waals surface area (Å²) in [6.45, 7) is 1.07. The van der Waals surface area contributed by atoms with Gasteiger partial charge in [-0.2, -0.15) is 0 Å². The number of hydrogen-bond acceptors (Lipinski definition) is 5. The van der Waals surface area contributed by atoms with Crippen LogP contribution in [-0.4, -0.2) is 24.1 Å². The van der Waals surface area contributed by atoms with Crippen LogP contribution in [0.15, 0.2) is 36.7 Å². The first-order chi connectivity index (χ1) is 9.33. The van der Waals surface area contributed by atoms with Crippen LogP contribution in [-0.2, 0) is 13.2 Å². The Kier molecular flexibility index (Phi) is 4.69. The molecular formula is C14H17N3O2. The molecule has 0 bridgehead atoms. The third-order valence-corrected chi connectivity index (χ3v) is 2.62. The molecule has 1 aromatic heterocycles. The first kappa shape index (κ1) is 13.3. The Hall–Kier alpha value is -2.14. The fourth-order valence-corrected chi connectivity index (χ4v) is 1.68. The zero-order valence-corrected chi connectivity index (χ0v) is 11.1. The van der Waals surface area contributed by atoms with Crippen molar-refractivity contribution in [1.29, 1.82) is 0 Å². The van der Waals surface area contributed by atoms with Crippen molar-refractivity contribution in [3.05, 3.63) is 48.0 Å². The summed E-state index contributed by atoms with van der Waals surface area (Å²) >= 11 is 0. The Morgan fingerprint density at radius 1 is 1.21 bits per heavy atom. The summed E-state index contributed by atoms with van der Waals surface area (Å²) in [5.74, 6) is 2.20. The highest BCUT2D eigenvalue weighted by atomic mass is 16.5. The van der Waals surface area contributed by atoms with E-state index in [0.717, 1.165) is 23.6 Å². The van der Waals surface area contributed by atoms with Crippen LogP contribution in [0.5, 0.6) is 11.5 Å². The lowest BCUT2D eigenvalue weighted by Crippen LogP contribution is -2.08. The van der Waals surface area contributed by atoms with E-state index in [9.17, 15) is 0 Å². The highest BCUT2D eigenvalue weighted by molar-refractivity contribution is 5.40. The Labute approximate surface area is 112 Å². The first-order valence-electron chi connectivity index (χ1n) is 6.03. The molecule has 1 heterocycles. The molecule has 0 saturated carbocycles. The van der Waals surface area contributed by atoms with Crippen molar-refractivity contribution in [3.8, 4) is 11.5 Å². The molecule has 5 heteroatoms. The third-order valence-electron chi connectivity index (χ3n) is 2.62. The van der Waals surface area contributed by atoms with Crippen LogP contribution < -0.4 is 14.8 Å². The second-order valence-electron chi connectivity index (χ2n) is 3.96. The lowest BCUT2D eigenvalue weighted by Gasteiger charge is -2.12. The minimum Gasteiger partial charge on any atom is -0.497 e. The van der Waals surface area contributed by atoms with Crippen molar-refractivity contribution in [1.82, 2.24) is 15.3 Å². The molecule has 0 aliphatic heterocycles. The molecule has 0 fully saturated rings. The number of hydrogen-bond donors (Lipinski definition) is 1. The van der Waals surface area contributed by atoms with E-state index in [1.165, 1.54) is 0 Å². The van der Waals surface area contributed by atoms with Crippen molar-refractivity contribution < 1.29 is 9.47 Å². The second kappa shape index (κ2) is 6.70. The van der Waals surface area contributed by atoms with Crippen molar-refractivity contribution >= 4 is 0 Å². The van der Waals surface area contributed by atoms with Crippen LogP contribution in [0.4, 0.5) is 0 Å². The van der Waals surface area contributed by atoms with Crippen molar-refractivity contribution in [3.63, 3.8) is 0 Å². The summed E-state index contributed by atoms with van der Waals surface area (Å²) < 4.78 is 11.0. The van der Waals surface area contributed by atoms with E-state index in [1.54, 1.807) is 25.6 Å². The van der Waals surface area contributed by atoms with Gasteiger partial charge in [-0.1, -0.05) is 6.07 Å². The molecular weight excluding hydrogens is 242 g/mol. The molecule has 2 aromatic rings. The minimum atomic E-state index is 0.338. The molecule has 5 nitrogen and oxygen atoms in total. The van der Waals surface area contributed by atoms with Gasteiger partial charge in [-0.3, -0.25) is 0 Å². The summed E-state index contributed by atoms with van der Waals surface area (Å²) in [6, 6.07) is 7.55. The van der Waals surface area contributed by atoms with Gasteiger partial charge in [0, 0.05) is 30.6 Å². The third kappa shape index (κ3) is 3.66. The van der Waals surface area contributed by atoms with Crippen molar-refractivity contribution in [2.75, 3.05) is 14.2 Å². The quantitative estimate of drug-likeness (QED) is 0.857. The molecule has 1 aromatic carbocycles. The van der Waals surface area contributed by atoms with Gasteiger partial charge < -0.3 is 14.8 Å². The Balaban J connectivity index is 2.12. The van der Waals surface area contributed by atoms with E-state index in [2.05, 4.69) is 15.3 Å². The van der Waals surface area contributed by atoms with Crippen LogP contribution in [0.2, 0.25) is 0 Å². The highest BCUT2D eigenvalue weighted by Crippen LogP contribution is 2.25. The standard InChI is InChI=1S/C14H17N3O2/c1-15-9-11-4-5-12(18-2)8-13(11)19-10-14-16-6-3-7-17-14/h3-8,15H,9-10H2,1-2H3. The molecule has 100 valence electrons. The molecule has 19 heavy (non-hydrogen) atoms. The van der Waals surface area contributed by atoms with Gasteiger partial charge in [-0.25, -0.2) is 9.97 Å². The van der Waals surface area contributed by atoms with Gasteiger partial charge in [0.15, 0.2) is 5.82 Å². The van der Waals surface area contributed by atoms with Gasteiger partial charge in [0.1, 0.15) is 18.1 Å². The Bertz CT molecular complexity index is 517. The number of aromatic nitrogens is 2. The van der Waals surface area contributed by atoms with E-state index in [0.29, 0.717) is 12.4 Å². The van der Waals surface area contributed by atoms with Gasteiger partial charge in [0.2, 0.25) is 0 Å². The topological polar surface area (TPSA) is 56.3 Å². The maximum absolute atomic E-state index is 5.77. The largest absolute Gasteiger partial charge is 0.497 e. The fourth-order valence-electron chi connectivity index (χ4n) is 1.68. The van der Waals surface area contributed by atoms with Crippen LogP contribution in [0.3, 0.4) is 0 Å². The van der Waals surface area contributed by atoms with Gasteiger partial charge in [-0.15, -0.1) is 0 Å². The molecule has 1 N–H and O–H groups in total. The molecule has 0 atom stereocenters. The average molecular weight is 259 g/mol. The Morgan fingerprint density at radius 3 is 2.68 bits per heavy atom. The van der Waals surface area contributed by atoms with E-state index in [-0.39, 0.29) is 0 Å². The SMILES string of the molecule is CNCc1ccc(OC)cc1OCc1ncccn1. The smallest absolute Gasteiger partial charge is 0.166 e. The number of methoxy groups -OCH3 is 1. The van der Waals surface area contributed by atoms with Gasteiger partial charge in [0.05, 0.1) is 7.11 Å². The van der Waals surface area contributed by atoms with Crippen molar-refractivity contribution in [2.24, 2.45) is 0 Å². The molecule has 0 amide bonds.